The molecule has 0 spiro atoms. The van der Waals surface area contributed by atoms with Gasteiger partial charge in [0.1, 0.15) is 0 Å². The lowest BCUT2D eigenvalue weighted by molar-refractivity contribution is -0.122. The van der Waals surface area contributed by atoms with Crippen molar-refractivity contribution in [2.75, 3.05) is 6.54 Å². The van der Waals surface area contributed by atoms with E-state index in [-0.39, 0.29) is 5.91 Å². The Labute approximate surface area is 121 Å². The van der Waals surface area contributed by atoms with Crippen LogP contribution in [-0.4, -0.2) is 18.5 Å². The van der Waals surface area contributed by atoms with Gasteiger partial charge in [-0.25, -0.2) is 0 Å². The predicted octanol–water partition coefficient (Wildman–Crippen LogP) is 2.64. The van der Waals surface area contributed by atoms with Crippen LogP contribution < -0.4 is 11.1 Å². The Bertz CT molecular complexity index is 399. The van der Waals surface area contributed by atoms with Gasteiger partial charge in [-0.3, -0.25) is 4.79 Å². The zero-order valence-electron chi connectivity index (χ0n) is 12.2. The maximum absolute atomic E-state index is 12.0. The van der Waals surface area contributed by atoms with Crippen molar-refractivity contribution in [3.63, 3.8) is 0 Å². The van der Waals surface area contributed by atoms with Crippen molar-refractivity contribution in [3.05, 3.63) is 35.9 Å². The molecule has 1 aromatic carbocycles. The number of rotatable bonds is 6. The minimum absolute atomic E-state index is 0.0235. The zero-order valence-corrected chi connectivity index (χ0v) is 12.2. The highest BCUT2D eigenvalue weighted by Crippen LogP contribution is 2.25. The molecule has 20 heavy (non-hydrogen) atoms. The summed E-state index contributed by atoms with van der Waals surface area (Å²) in [7, 11) is 0. The van der Waals surface area contributed by atoms with Crippen molar-refractivity contribution in [3.8, 4) is 0 Å². The lowest BCUT2D eigenvalue weighted by atomic mass is 9.87. The Hall–Kier alpha value is -1.35. The van der Waals surface area contributed by atoms with Gasteiger partial charge in [-0.2, -0.15) is 0 Å². The number of carbonyl (C=O) groups excluding carboxylic acids is 1. The lowest BCUT2D eigenvalue weighted by Crippen LogP contribution is -2.42. The Morgan fingerprint density at radius 2 is 1.90 bits per heavy atom. The third kappa shape index (κ3) is 4.97. The van der Waals surface area contributed by atoms with Crippen LogP contribution in [0.25, 0.3) is 0 Å². The van der Waals surface area contributed by atoms with Crippen LogP contribution in [0.5, 0.6) is 0 Å². The summed E-state index contributed by atoms with van der Waals surface area (Å²) in [6, 6.07) is 9.50. The zero-order chi connectivity index (χ0) is 14.2. The van der Waals surface area contributed by atoms with Crippen molar-refractivity contribution in [2.45, 2.75) is 51.0 Å². The SMILES string of the molecule is N[C@H](Cc1ccccc1)C(=O)NCCC1CCCCC1. The predicted molar refractivity (Wildman–Crippen MR) is 82.3 cm³/mol. The molecular formula is C17H26N2O. The first-order chi connectivity index (χ1) is 9.75. The summed E-state index contributed by atoms with van der Waals surface area (Å²) in [4.78, 5) is 12.0. The van der Waals surface area contributed by atoms with Crippen LogP contribution in [-0.2, 0) is 11.2 Å². The van der Waals surface area contributed by atoms with Crippen LogP contribution >= 0.6 is 0 Å². The van der Waals surface area contributed by atoms with Crippen LogP contribution in [0, 0.1) is 5.92 Å². The second-order valence-electron chi connectivity index (χ2n) is 5.88. The minimum Gasteiger partial charge on any atom is -0.355 e. The molecule has 1 aliphatic rings. The molecule has 0 radical (unpaired) electrons. The van der Waals surface area contributed by atoms with Gasteiger partial charge in [-0.05, 0) is 24.3 Å². The third-order valence-electron chi connectivity index (χ3n) is 4.21. The number of nitrogens with one attached hydrogen (secondary N) is 1. The molecule has 1 amide bonds. The van der Waals surface area contributed by atoms with Gasteiger partial charge in [-0.15, -0.1) is 0 Å². The topological polar surface area (TPSA) is 55.1 Å². The molecule has 2 rings (SSSR count). The first-order valence-electron chi connectivity index (χ1n) is 7.83. The van der Waals surface area contributed by atoms with Gasteiger partial charge in [0.15, 0.2) is 0 Å². The second-order valence-corrected chi connectivity index (χ2v) is 5.88. The highest BCUT2D eigenvalue weighted by atomic mass is 16.2. The molecule has 1 aromatic rings. The first kappa shape index (κ1) is 15.0. The van der Waals surface area contributed by atoms with E-state index in [1.54, 1.807) is 0 Å². The summed E-state index contributed by atoms with van der Waals surface area (Å²) in [5.74, 6) is 0.777. The summed E-state index contributed by atoms with van der Waals surface area (Å²) >= 11 is 0. The molecule has 0 saturated heterocycles. The molecule has 0 aliphatic heterocycles. The maximum atomic E-state index is 12.0. The molecule has 1 aliphatic carbocycles. The van der Waals surface area contributed by atoms with Crippen molar-refractivity contribution in [1.82, 2.24) is 5.32 Å². The summed E-state index contributed by atoms with van der Waals surface area (Å²) in [5, 5.41) is 2.99. The highest BCUT2D eigenvalue weighted by molar-refractivity contribution is 5.81. The van der Waals surface area contributed by atoms with E-state index in [0.717, 1.165) is 24.4 Å². The largest absolute Gasteiger partial charge is 0.355 e. The average molecular weight is 274 g/mol. The third-order valence-corrected chi connectivity index (χ3v) is 4.21. The van der Waals surface area contributed by atoms with Crippen LogP contribution in [0.15, 0.2) is 30.3 Å². The Kier molecular flexibility index (Phi) is 6.06. The van der Waals surface area contributed by atoms with Crippen LogP contribution in [0.1, 0.15) is 44.1 Å². The molecule has 1 saturated carbocycles. The molecule has 3 nitrogen and oxygen atoms in total. The van der Waals surface area contributed by atoms with Crippen molar-refractivity contribution in [2.24, 2.45) is 11.7 Å². The number of benzene rings is 1. The summed E-state index contributed by atoms with van der Waals surface area (Å²) in [6.07, 6.45) is 8.45. The monoisotopic (exact) mass is 274 g/mol. The molecule has 110 valence electrons. The normalized spacial score (nSPS) is 17.6. The number of hydrogen-bond donors (Lipinski definition) is 2. The Morgan fingerprint density at radius 1 is 1.20 bits per heavy atom. The van der Waals surface area contributed by atoms with E-state index in [0.29, 0.717) is 6.42 Å². The van der Waals surface area contributed by atoms with Crippen molar-refractivity contribution >= 4 is 5.91 Å². The van der Waals surface area contributed by atoms with E-state index in [4.69, 9.17) is 5.73 Å². The van der Waals surface area contributed by atoms with Gasteiger partial charge < -0.3 is 11.1 Å². The number of nitrogens with two attached hydrogens (primary N) is 1. The van der Waals surface area contributed by atoms with Gasteiger partial charge in [0.2, 0.25) is 5.91 Å². The van der Waals surface area contributed by atoms with Crippen LogP contribution in [0.4, 0.5) is 0 Å². The summed E-state index contributed by atoms with van der Waals surface area (Å²) in [5.41, 5.74) is 7.07. The van der Waals surface area contributed by atoms with Crippen LogP contribution in [0.2, 0.25) is 0 Å². The van der Waals surface area contributed by atoms with Gasteiger partial charge >= 0.3 is 0 Å². The van der Waals surface area contributed by atoms with E-state index in [1.807, 2.05) is 30.3 Å². The quantitative estimate of drug-likeness (QED) is 0.838. The molecule has 0 heterocycles. The Morgan fingerprint density at radius 3 is 2.60 bits per heavy atom. The molecule has 1 fully saturated rings. The fraction of sp³-hybridized carbons (Fsp3) is 0.588. The van der Waals surface area contributed by atoms with Crippen LogP contribution in [0.3, 0.4) is 0 Å². The minimum atomic E-state index is -0.441. The number of hydrogen-bond acceptors (Lipinski definition) is 2. The highest BCUT2D eigenvalue weighted by Gasteiger charge is 2.16. The molecule has 3 N–H and O–H groups in total. The van der Waals surface area contributed by atoms with Gasteiger partial charge in [0.05, 0.1) is 6.04 Å². The molecule has 0 unspecified atom stereocenters. The van der Waals surface area contributed by atoms with Gasteiger partial charge in [0, 0.05) is 6.54 Å². The Balaban J connectivity index is 1.66. The maximum Gasteiger partial charge on any atom is 0.237 e. The standard InChI is InChI=1S/C17H26N2O/c18-16(13-15-9-5-2-6-10-15)17(20)19-12-11-14-7-3-1-4-8-14/h2,5-6,9-10,14,16H,1,3-4,7-8,11-13,18H2,(H,19,20)/t16-/m1/s1. The van der Waals surface area contributed by atoms with Crippen molar-refractivity contribution in [1.29, 1.82) is 0 Å². The fourth-order valence-corrected chi connectivity index (χ4v) is 2.97. The van der Waals surface area contributed by atoms with E-state index in [1.165, 1.54) is 32.1 Å². The molecule has 0 bridgehead atoms. The number of carbonyl (C=O) groups is 1. The van der Waals surface area contributed by atoms with Crippen molar-refractivity contribution < 1.29 is 4.79 Å². The first-order valence-corrected chi connectivity index (χ1v) is 7.83. The van der Waals surface area contributed by atoms with E-state index in [9.17, 15) is 4.79 Å². The molecule has 3 heteroatoms. The van der Waals surface area contributed by atoms with Gasteiger partial charge in [0.25, 0.3) is 0 Å². The second kappa shape index (κ2) is 8.05. The summed E-state index contributed by atoms with van der Waals surface area (Å²) < 4.78 is 0. The van der Waals surface area contributed by atoms with E-state index < -0.39 is 6.04 Å². The molecular weight excluding hydrogens is 248 g/mol. The molecule has 1 atom stereocenters. The smallest absolute Gasteiger partial charge is 0.237 e. The van der Waals surface area contributed by atoms with E-state index in [2.05, 4.69) is 5.32 Å². The van der Waals surface area contributed by atoms with E-state index >= 15 is 0 Å². The molecule has 0 aromatic heterocycles. The number of amides is 1. The average Bonchev–Trinajstić information content (AvgIpc) is 2.49. The fourth-order valence-electron chi connectivity index (χ4n) is 2.97. The van der Waals surface area contributed by atoms with Gasteiger partial charge in [-0.1, -0.05) is 62.4 Å². The lowest BCUT2D eigenvalue weighted by Gasteiger charge is -2.21. The summed E-state index contributed by atoms with van der Waals surface area (Å²) in [6.45, 7) is 0.770.